The van der Waals surface area contributed by atoms with Crippen LogP contribution in [0.25, 0.3) is 10.2 Å². The number of nitrogens with one attached hydrogen (secondary N) is 1. The first-order valence-corrected chi connectivity index (χ1v) is 8.42. The van der Waals surface area contributed by atoms with Crippen LogP contribution in [-0.2, 0) is 0 Å². The van der Waals surface area contributed by atoms with Gasteiger partial charge in [0, 0.05) is 18.2 Å². The van der Waals surface area contributed by atoms with Gasteiger partial charge in [-0.3, -0.25) is 30.3 Å². The van der Waals surface area contributed by atoms with Crippen molar-refractivity contribution < 1.29 is 24.1 Å². The number of anilines is 1. The van der Waals surface area contributed by atoms with Crippen LogP contribution in [0.15, 0.2) is 30.3 Å². The molecule has 1 aromatic heterocycles. The Morgan fingerprint density at radius 3 is 2.36 bits per heavy atom. The van der Waals surface area contributed by atoms with Crippen molar-refractivity contribution in [2.24, 2.45) is 0 Å². The Morgan fingerprint density at radius 1 is 1.07 bits per heavy atom. The number of non-ortho nitro benzene ring substituents is 1. The Labute approximate surface area is 160 Å². The fourth-order valence-electron chi connectivity index (χ4n) is 2.45. The number of hydrogen-bond donors (Lipinski definition) is 1. The lowest BCUT2D eigenvalue weighted by Gasteiger charge is -2.10. The summed E-state index contributed by atoms with van der Waals surface area (Å²) in [6.07, 6.45) is 0. The third-order valence-electron chi connectivity index (χ3n) is 3.75. The lowest BCUT2D eigenvalue weighted by Crippen LogP contribution is -2.14. The summed E-state index contributed by atoms with van der Waals surface area (Å²) in [5.41, 5.74) is -0.364. The largest absolute Gasteiger partial charge is 0.493 e. The molecule has 3 rings (SSSR count). The van der Waals surface area contributed by atoms with E-state index in [0.717, 1.165) is 17.4 Å². The topological polar surface area (TPSA) is 147 Å². The number of aromatic nitrogens is 1. The van der Waals surface area contributed by atoms with Crippen molar-refractivity contribution in [1.82, 2.24) is 4.98 Å². The van der Waals surface area contributed by atoms with Crippen LogP contribution in [0, 0.1) is 20.2 Å². The summed E-state index contributed by atoms with van der Waals surface area (Å²) in [6.45, 7) is 0. The average molecular weight is 404 g/mol. The standard InChI is InChI=1S/C16H12N4O7S/c1-26-12-6-9(11(20(24)25)7-13(12)27-2)15(21)18-16-17-10-4-3-8(19(22)23)5-14(10)28-16/h3-7H,1-2H3,(H,17,18,21). The molecule has 0 bridgehead atoms. The molecule has 0 radical (unpaired) electrons. The van der Waals surface area contributed by atoms with Gasteiger partial charge in [0.15, 0.2) is 16.6 Å². The average Bonchev–Trinajstić information content (AvgIpc) is 3.07. The maximum atomic E-state index is 12.6. The van der Waals surface area contributed by atoms with Crippen LogP contribution < -0.4 is 14.8 Å². The van der Waals surface area contributed by atoms with E-state index in [0.29, 0.717) is 10.2 Å². The monoisotopic (exact) mass is 404 g/mol. The highest BCUT2D eigenvalue weighted by atomic mass is 32.1. The molecule has 0 aliphatic carbocycles. The molecule has 28 heavy (non-hydrogen) atoms. The van der Waals surface area contributed by atoms with Crippen LogP contribution in [-0.4, -0.2) is 35.0 Å². The second kappa shape index (κ2) is 7.44. The number of rotatable bonds is 6. The van der Waals surface area contributed by atoms with Gasteiger partial charge in [-0.1, -0.05) is 11.3 Å². The first kappa shape index (κ1) is 19.0. The Bertz CT molecular complexity index is 1110. The molecule has 0 atom stereocenters. The summed E-state index contributed by atoms with van der Waals surface area (Å²) in [6, 6.07) is 6.38. The predicted molar refractivity (Wildman–Crippen MR) is 100 cm³/mol. The zero-order valence-electron chi connectivity index (χ0n) is 14.5. The molecule has 0 aliphatic heterocycles. The minimum atomic E-state index is -0.777. The van der Waals surface area contributed by atoms with Gasteiger partial charge in [-0.05, 0) is 6.07 Å². The van der Waals surface area contributed by atoms with E-state index in [4.69, 9.17) is 9.47 Å². The molecule has 12 heteroatoms. The number of carbonyl (C=O) groups excluding carboxylic acids is 1. The van der Waals surface area contributed by atoms with Crippen LogP contribution in [0.2, 0.25) is 0 Å². The summed E-state index contributed by atoms with van der Waals surface area (Å²) >= 11 is 1.01. The van der Waals surface area contributed by atoms with Gasteiger partial charge in [-0.25, -0.2) is 4.98 Å². The van der Waals surface area contributed by atoms with Gasteiger partial charge in [-0.2, -0.15) is 0 Å². The summed E-state index contributed by atoms with van der Waals surface area (Å²) in [5, 5.41) is 24.8. The van der Waals surface area contributed by atoms with Gasteiger partial charge in [-0.15, -0.1) is 0 Å². The van der Waals surface area contributed by atoms with E-state index in [1.165, 1.54) is 38.5 Å². The van der Waals surface area contributed by atoms with E-state index in [1.54, 1.807) is 0 Å². The quantitative estimate of drug-likeness (QED) is 0.486. The molecule has 1 N–H and O–H groups in total. The fourth-order valence-corrected chi connectivity index (χ4v) is 3.34. The molecule has 1 amide bonds. The van der Waals surface area contributed by atoms with E-state index in [9.17, 15) is 25.0 Å². The second-order valence-electron chi connectivity index (χ2n) is 5.36. The van der Waals surface area contributed by atoms with E-state index >= 15 is 0 Å². The van der Waals surface area contributed by atoms with E-state index in [2.05, 4.69) is 10.3 Å². The highest BCUT2D eigenvalue weighted by molar-refractivity contribution is 7.22. The van der Waals surface area contributed by atoms with Crippen molar-refractivity contribution in [1.29, 1.82) is 0 Å². The molecule has 0 saturated heterocycles. The minimum absolute atomic E-state index is 0.107. The number of amides is 1. The molecule has 11 nitrogen and oxygen atoms in total. The number of ether oxygens (including phenoxy) is 2. The van der Waals surface area contributed by atoms with Gasteiger partial charge in [0.05, 0.1) is 40.3 Å². The Balaban J connectivity index is 1.97. The number of fused-ring (bicyclic) bond motifs is 1. The molecule has 2 aromatic carbocycles. The number of hydrogen-bond acceptors (Lipinski definition) is 9. The van der Waals surface area contributed by atoms with Gasteiger partial charge in [0.1, 0.15) is 5.56 Å². The molecule has 1 heterocycles. The molecule has 144 valence electrons. The highest BCUT2D eigenvalue weighted by Gasteiger charge is 2.25. The molecule has 0 aliphatic rings. The van der Waals surface area contributed by atoms with Crippen molar-refractivity contribution in [2.75, 3.05) is 19.5 Å². The number of nitro benzene ring substituents is 2. The predicted octanol–water partition coefficient (Wildman–Crippen LogP) is 3.38. The highest BCUT2D eigenvalue weighted by Crippen LogP contribution is 2.35. The van der Waals surface area contributed by atoms with Crippen LogP contribution in [0.1, 0.15) is 10.4 Å². The van der Waals surface area contributed by atoms with Crippen molar-refractivity contribution in [2.45, 2.75) is 0 Å². The van der Waals surface area contributed by atoms with Gasteiger partial charge in [0.2, 0.25) is 0 Å². The van der Waals surface area contributed by atoms with Crippen molar-refractivity contribution in [3.8, 4) is 11.5 Å². The first-order chi connectivity index (χ1) is 13.3. The molecular formula is C16H12N4O7S. The summed E-state index contributed by atoms with van der Waals surface area (Å²) < 4.78 is 10.6. The zero-order chi connectivity index (χ0) is 20.4. The van der Waals surface area contributed by atoms with Crippen molar-refractivity contribution >= 4 is 44.0 Å². The normalized spacial score (nSPS) is 10.5. The van der Waals surface area contributed by atoms with Gasteiger partial charge in [0.25, 0.3) is 17.3 Å². The number of nitro groups is 2. The molecule has 3 aromatic rings. The SMILES string of the molecule is COc1cc(C(=O)Nc2nc3ccc([N+](=O)[O-])cc3s2)c([N+](=O)[O-])cc1OC. The Kier molecular flexibility index (Phi) is 5.04. The number of thiazole rings is 1. The Hall–Kier alpha value is -3.80. The van der Waals surface area contributed by atoms with Crippen LogP contribution in [0.4, 0.5) is 16.5 Å². The number of benzene rings is 2. The van der Waals surface area contributed by atoms with Crippen LogP contribution >= 0.6 is 11.3 Å². The van der Waals surface area contributed by atoms with E-state index in [1.807, 2.05) is 0 Å². The lowest BCUT2D eigenvalue weighted by atomic mass is 10.1. The van der Waals surface area contributed by atoms with Gasteiger partial charge < -0.3 is 9.47 Å². The first-order valence-electron chi connectivity index (χ1n) is 7.60. The van der Waals surface area contributed by atoms with Crippen LogP contribution in [0.3, 0.4) is 0 Å². The molecule has 0 unspecified atom stereocenters. The van der Waals surface area contributed by atoms with E-state index < -0.39 is 21.4 Å². The summed E-state index contributed by atoms with van der Waals surface area (Å²) in [5.74, 6) is -0.516. The molecular weight excluding hydrogens is 392 g/mol. The maximum Gasteiger partial charge on any atom is 0.286 e. The molecule has 0 spiro atoms. The Morgan fingerprint density at radius 2 is 1.75 bits per heavy atom. The lowest BCUT2D eigenvalue weighted by molar-refractivity contribution is -0.385. The summed E-state index contributed by atoms with van der Waals surface area (Å²) in [7, 11) is 2.66. The van der Waals surface area contributed by atoms with Gasteiger partial charge >= 0.3 is 0 Å². The second-order valence-corrected chi connectivity index (χ2v) is 6.39. The number of methoxy groups -OCH3 is 2. The number of carbonyl (C=O) groups is 1. The van der Waals surface area contributed by atoms with Crippen molar-refractivity contribution in [3.63, 3.8) is 0 Å². The molecule has 0 fully saturated rings. The van der Waals surface area contributed by atoms with Crippen LogP contribution in [0.5, 0.6) is 11.5 Å². The van der Waals surface area contributed by atoms with Crippen molar-refractivity contribution in [3.05, 3.63) is 56.1 Å². The third kappa shape index (κ3) is 3.53. The third-order valence-corrected chi connectivity index (χ3v) is 4.68. The fraction of sp³-hybridized carbons (Fsp3) is 0.125. The summed E-state index contributed by atoms with van der Waals surface area (Å²) in [4.78, 5) is 37.7. The minimum Gasteiger partial charge on any atom is -0.493 e. The van der Waals surface area contributed by atoms with E-state index in [-0.39, 0.29) is 27.9 Å². The maximum absolute atomic E-state index is 12.6. The zero-order valence-corrected chi connectivity index (χ0v) is 15.3. The molecule has 0 saturated carbocycles. The number of nitrogens with zero attached hydrogens (tertiary/aromatic N) is 3. The smallest absolute Gasteiger partial charge is 0.286 e.